The average Bonchev–Trinajstić information content (AvgIpc) is 2.40. The number of carbonyl (C=O) groups is 2. The fourth-order valence-electron chi connectivity index (χ4n) is 1.56. The molecule has 3 unspecified atom stereocenters. The maximum atomic E-state index is 12.0. The number of esters is 1. The number of carbonyl (C=O) groups excluding carboxylic acids is 2. The van der Waals surface area contributed by atoms with Crippen molar-refractivity contribution >= 4 is 11.9 Å². The zero-order chi connectivity index (χ0) is 14.3. The van der Waals surface area contributed by atoms with Crippen molar-refractivity contribution in [3.05, 3.63) is 0 Å². The SMILES string of the molecule is CCC(C)C(NC(=O)[C@@H](N)C(C)CC)C(=O)OC. The number of hydrogen-bond acceptors (Lipinski definition) is 4. The van der Waals surface area contributed by atoms with Gasteiger partial charge in [-0.2, -0.15) is 0 Å². The molecule has 0 saturated heterocycles. The summed E-state index contributed by atoms with van der Waals surface area (Å²) in [5, 5.41) is 2.69. The third-order valence-corrected chi connectivity index (χ3v) is 3.53. The predicted molar refractivity (Wildman–Crippen MR) is 70.8 cm³/mol. The third-order valence-electron chi connectivity index (χ3n) is 3.53. The van der Waals surface area contributed by atoms with Gasteiger partial charge in [0.05, 0.1) is 13.2 Å². The van der Waals surface area contributed by atoms with E-state index in [9.17, 15) is 9.59 Å². The Morgan fingerprint density at radius 2 is 1.67 bits per heavy atom. The van der Waals surface area contributed by atoms with Crippen molar-refractivity contribution in [2.24, 2.45) is 17.6 Å². The number of amides is 1. The molecule has 0 radical (unpaired) electrons. The summed E-state index contributed by atoms with van der Waals surface area (Å²) in [5.74, 6) is -0.611. The van der Waals surface area contributed by atoms with Crippen LogP contribution in [0.2, 0.25) is 0 Å². The minimum Gasteiger partial charge on any atom is -0.467 e. The van der Waals surface area contributed by atoms with E-state index in [4.69, 9.17) is 10.5 Å². The van der Waals surface area contributed by atoms with E-state index in [2.05, 4.69) is 5.32 Å². The number of nitrogens with two attached hydrogens (primary N) is 1. The zero-order valence-electron chi connectivity index (χ0n) is 12.0. The summed E-state index contributed by atoms with van der Waals surface area (Å²) in [5.41, 5.74) is 5.84. The number of methoxy groups -OCH3 is 1. The third kappa shape index (κ3) is 4.64. The summed E-state index contributed by atoms with van der Waals surface area (Å²) in [7, 11) is 1.32. The maximum absolute atomic E-state index is 12.0. The highest BCUT2D eigenvalue weighted by Crippen LogP contribution is 2.11. The largest absolute Gasteiger partial charge is 0.467 e. The van der Waals surface area contributed by atoms with Crippen molar-refractivity contribution in [1.82, 2.24) is 5.32 Å². The molecule has 0 spiro atoms. The Morgan fingerprint density at radius 1 is 1.17 bits per heavy atom. The van der Waals surface area contributed by atoms with Crippen molar-refractivity contribution in [2.45, 2.75) is 52.6 Å². The highest BCUT2D eigenvalue weighted by molar-refractivity contribution is 5.87. The Kier molecular flexibility index (Phi) is 7.59. The van der Waals surface area contributed by atoms with E-state index in [1.165, 1.54) is 7.11 Å². The van der Waals surface area contributed by atoms with Crippen molar-refractivity contribution < 1.29 is 14.3 Å². The Labute approximate surface area is 109 Å². The fourth-order valence-corrected chi connectivity index (χ4v) is 1.56. The normalized spacial score (nSPS) is 17.4. The Hall–Kier alpha value is -1.10. The molecule has 0 aliphatic heterocycles. The molecule has 0 aromatic rings. The van der Waals surface area contributed by atoms with E-state index in [-0.39, 0.29) is 17.7 Å². The van der Waals surface area contributed by atoms with Crippen LogP contribution in [0.3, 0.4) is 0 Å². The minimum absolute atomic E-state index is 0.0190. The molecule has 106 valence electrons. The monoisotopic (exact) mass is 258 g/mol. The maximum Gasteiger partial charge on any atom is 0.328 e. The number of hydrogen-bond donors (Lipinski definition) is 2. The quantitative estimate of drug-likeness (QED) is 0.669. The highest BCUT2D eigenvalue weighted by atomic mass is 16.5. The lowest BCUT2D eigenvalue weighted by atomic mass is 9.96. The lowest BCUT2D eigenvalue weighted by Gasteiger charge is -2.25. The van der Waals surface area contributed by atoms with Gasteiger partial charge in [-0.05, 0) is 11.8 Å². The summed E-state index contributed by atoms with van der Waals surface area (Å²) in [4.78, 5) is 23.6. The van der Waals surface area contributed by atoms with Crippen molar-refractivity contribution in [3.63, 3.8) is 0 Å². The van der Waals surface area contributed by atoms with Gasteiger partial charge in [0.1, 0.15) is 6.04 Å². The summed E-state index contributed by atoms with van der Waals surface area (Å²) in [6.45, 7) is 7.75. The number of ether oxygens (including phenoxy) is 1. The fraction of sp³-hybridized carbons (Fsp3) is 0.846. The second kappa shape index (κ2) is 8.08. The molecule has 0 saturated carbocycles. The van der Waals surface area contributed by atoms with Gasteiger partial charge >= 0.3 is 5.97 Å². The smallest absolute Gasteiger partial charge is 0.328 e. The van der Waals surface area contributed by atoms with E-state index in [1.807, 2.05) is 27.7 Å². The molecule has 0 bridgehead atoms. The van der Waals surface area contributed by atoms with Gasteiger partial charge in [-0.25, -0.2) is 4.79 Å². The number of nitrogens with one attached hydrogen (secondary N) is 1. The van der Waals surface area contributed by atoms with E-state index in [0.29, 0.717) is 0 Å². The van der Waals surface area contributed by atoms with E-state index in [0.717, 1.165) is 12.8 Å². The van der Waals surface area contributed by atoms with Crippen LogP contribution < -0.4 is 11.1 Å². The molecule has 0 aliphatic rings. The van der Waals surface area contributed by atoms with Gasteiger partial charge < -0.3 is 15.8 Å². The molecule has 0 fully saturated rings. The molecule has 0 aromatic carbocycles. The number of rotatable bonds is 7. The van der Waals surface area contributed by atoms with Crippen molar-refractivity contribution in [3.8, 4) is 0 Å². The van der Waals surface area contributed by atoms with Crippen LogP contribution in [0.1, 0.15) is 40.5 Å². The second-order valence-corrected chi connectivity index (χ2v) is 4.81. The van der Waals surface area contributed by atoms with Crippen LogP contribution in [0.15, 0.2) is 0 Å². The Morgan fingerprint density at radius 3 is 2.06 bits per heavy atom. The summed E-state index contributed by atoms with van der Waals surface area (Å²) >= 11 is 0. The van der Waals surface area contributed by atoms with Gasteiger partial charge in [0.25, 0.3) is 0 Å². The predicted octanol–water partition coefficient (Wildman–Crippen LogP) is 1.06. The van der Waals surface area contributed by atoms with E-state index < -0.39 is 18.1 Å². The molecule has 18 heavy (non-hydrogen) atoms. The first kappa shape index (κ1) is 16.9. The second-order valence-electron chi connectivity index (χ2n) is 4.81. The van der Waals surface area contributed by atoms with Crippen LogP contribution in [0.5, 0.6) is 0 Å². The molecule has 4 atom stereocenters. The highest BCUT2D eigenvalue weighted by Gasteiger charge is 2.29. The lowest BCUT2D eigenvalue weighted by Crippen LogP contribution is -2.53. The summed E-state index contributed by atoms with van der Waals surface area (Å²) < 4.78 is 4.71. The lowest BCUT2D eigenvalue weighted by molar-refractivity contribution is -0.146. The molecule has 0 rings (SSSR count). The molecule has 5 nitrogen and oxygen atoms in total. The topological polar surface area (TPSA) is 81.4 Å². The summed E-state index contributed by atoms with van der Waals surface area (Å²) in [6, 6.07) is -1.21. The minimum atomic E-state index is -0.623. The van der Waals surface area contributed by atoms with E-state index in [1.54, 1.807) is 0 Å². The average molecular weight is 258 g/mol. The van der Waals surface area contributed by atoms with Gasteiger partial charge in [-0.15, -0.1) is 0 Å². The van der Waals surface area contributed by atoms with Crippen LogP contribution in [-0.2, 0) is 14.3 Å². The van der Waals surface area contributed by atoms with Crippen LogP contribution >= 0.6 is 0 Å². The first-order chi connectivity index (χ1) is 8.38. The van der Waals surface area contributed by atoms with Crippen LogP contribution in [0.4, 0.5) is 0 Å². The standard InChI is InChI=1S/C13H26N2O3/c1-6-8(3)10(14)12(16)15-11(9(4)7-2)13(17)18-5/h8-11H,6-7,14H2,1-5H3,(H,15,16)/t8?,9?,10-,11?/m0/s1. The van der Waals surface area contributed by atoms with Crippen molar-refractivity contribution in [2.75, 3.05) is 7.11 Å². The first-order valence-corrected chi connectivity index (χ1v) is 6.52. The Balaban J connectivity index is 4.68. The molecule has 0 aliphatic carbocycles. The molecule has 0 heterocycles. The zero-order valence-corrected chi connectivity index (χ0v) is 12.0. The van der Waals surface area contributed by atoms with Crippen LogP contribution in [0, 0.1) is 11.8 Å². The molecule has 0 aromatic heterocycles. The molecule has 3 N–H and O–H groups in total. The summed E-state index contributed by atoms with van der Waals surface area (Å²) in [6.07, 6.45) is 1.60. The molecular formula is C13H26N2O3. The van der Waals surface area contributed by atoms with Gasteiger partial charge in [-0.3, -0.25) is 4.79 Å². The Bertz CT molecular complexity index is 281. The van der Waals surface area contributed by atoms with Crippen LogP contribution in [-0.4, -0.2) is 31.1 Å². The van der Waals surface area contributed by atoms with Gasteiger partial charge in [-0.1, -0.05) is 40.5 Å². The first-order valence-electron chi connectivity index (χ1n) is 6.52. The van der Waals surface area contributed by atoms with E-state index >= 15 is 0 Å². The van der Waals surface area contributed by atoms with Gasteiger partial charge in [0.15, 0.2) is 0 Å². The van der Waals surface area contributed by atoms with Gasteiger partial charge in [0.2, 0.25) is 5.91 Å². The molecular weight excluding hydrogens is 232 g/mol. The van der Waals surface area contributed by atoms with Gasteiger partial charge in [0, 0.05) is 0 Å². The van der Waals surface area contributed by atoms with Crippen molar-refractivity contribution in [1.29, 1.82) is 0 Å². The molecule has 1 amide bonds. The van der Waals surface area contributed by atoms with Crippen LogP contribution in [0.25, 0.3) is 0 Å². The molecule has 5 heteroatoms.